The summed E-state index contributed by atoms with van der Waals surface area (Å²) in [5.74, 6) is -0.642. The molecule has 0 N–H and O–H groups in total. The van der Waals surface area contributed by atoms with E-state index in [4.69, 9.17) is 4.74 Å². The molecule has 0 aromatic heterocycles. The summed E-state index contributed by atoms with van der Waals surface area (Å²) < 4.78 is 64.9. The molecule has 5 heteroatoms. The first-order valence-electron chi connectivity index (χ1n) is 17.1. The minimum Gasteiger partial charge on any atom is -0.432 e. The summed E-state index contributed by atoms with van der Waals surface area (Å²) in [6.07, 6.45) is 11.1. The summed E-state index contributed by atoms with van der Waals surface area (Å²) in [4.78, 5) is 0. The molecular formula is C40H48F4O. The van der Waals surface area contributed by atoms with E-state index < -0.39 is 17.8 Å². The van der Waals surface area contributed by atoms with Crippen LogP contribution in [0.2, 0.25) is 0 Å². The third-order valence-corrected chi connectivity index (χ3v) is 10.3. The number of rotatable bonds is 13. The van der Waals surface area contributed by atoms with Crippen LogP contribution in [0.5, 0.6) is 5.75 Å². The molecular weight excluding hydrogens is 572 g/mol. The lowest BCUT2D eigenvalue weighted by Gasteiger charge is -2.33. The summed E-state index contributed by atoms with van der Waals surface area (Å²) in [6, 6.07) is 17.9. The molecule has 0 unspecified atom stereocenters. The highest BCUT2D eigenvalue weighted by Crippen LogP contribution is 2.44. The topological polar surface area (TPSA) is 9.23 Å². The smallest absolute Gasteiger partial charge is 0.400 e. The lowest BCUT2D eigenvalue weighted by molar-refractivity contribution is -0.222. The first-order chi connectivity index (χ1) is 21.8. The molecule has 1 nitrogen and oxygen atoms in total. The van der Waals surface area contributed by atoms with Crippen molar-refractivity contribution in [2.75, 3.05) is 0 Å². The zero-order valence-corrected chi connectivity index (χ0v) is 26.7. The van der Waals surface area contributed by atoms with E-state index in [0.717, 1.165) is 23.1 Å². The number of alkyl halides is 2. The highest BCUT2D eigenvalue weighted by atomic mass is 19.3. The van der Waals surface area contributed by atoms with Crippen LogP contribution in [-0.2, 0) is 6.42 Å². The second kappa shape index (κ2) is 15.5. The van der Waals surface area contributed by atoms with Gasteiger partial charge in [0.05, 0.1) is 5.92 Å². The van der Waals surface area contributed by atoms with Crippen molar-refractivity contribution in [1.82, 2.24) is 0 Å². The molecule has 2 saturated carbocycles. The zero-order valence-electron chi connectivity index (χ0n) is 26.7. The van der Waals surface area contributed by atoms with E-state index in [1.54, 1.807) is 12.1 Å². The van der Waals surface area contributed by atoms with Gasteiger partial charge >= 0.3 is 6.11 Å². The van der Waals surface area contributed by atoms with E-state index in [1.807, 2.05) is 12.1 Å². The Labute approximate surface area is 267 Å². The fraction of sp³-hybridized carbons (Fsp3) is 0.500. The Balaban J connectivity index is 1.14. The second-order valence-corrected chi connectivity index (χ2v) is 13.4. The molecule has 45 heavy (non-hydrogen) atoms. The summed E-state index contributed by atoms with van der Waals surface area (Å²) in [7, 11) is 0. The fourth-order valence-corrected chi connectivity index (χ4v) is 7.49. The molecule has 242 valence electrons. The van der Waals surface area contributed by atoms with Crippen molar-refractivity contribution in [3.8, 4) is 16.9 Å². The van der Waals surface area contributed by atoms with Gasteiger partial charge in [0.25, 0.3) is 0 Å². The Bertz CT molecular complexity index is 1380. The number of hydrogen-bond donors (Lipinski definition) is 0. The summed E-state index contributed by atoms with van der Waals surface area (Å²) in [6.45, 7) is 5.89. The number of halogens is 4. The van der Waals surface area contributed by atoms with Crippen LogP contribution >= 0.6 is 0 Å². The molecule has 3 aromatic rings. The van der Waals surface area contributed by atoms with Gasteiger partial charge in [-0.15, -0.1) is 6.58 Å². The van der Waals surface area contributed by atoms with Crippen molar-refractivity contribution >= 4 is 0 Å². The Morgan fingerprint density at radius 3 is 2.11 bits per heavy atom. The van der Waals surface area contributed by atoms with Gasteiger partial charge in [-0.25, -0.2) is 8.78 Å². The second-order valence-electron chi connectivity index (χ2n) is 13.4. The van der Waals surface area contributed by atoms with Gasteiger partial charge in [-0.05, 0) is 122 Å². The van der Waals surface area contributed by atoms with E-state index in [2.05, 4.69) is 37.8 Å². The van der Waals surface area contributed by atoms with E-state index >= 15 is 13.2 Å². The Hall–Kier alpha value is -3.08. The van der Waals surface area contributed by atoms with Crippen molar-refractivity contribution < 1.29 is 22.3 Å². The molecule has 0 bridgehead atoms. The minimum absolute atomic E-state index is 0.118. The van der Waals surface area contributed by atoms with Crippen LogP contribution in [0.15, 0.2) is 73.3 Å². The Morgan fingerprint density at radius 2 is 1.47 bits per heavy atom. The van der Waals surface area contributed by atoms with Gasteiger partial charge in [-0.2, -0.15) is 8.78 Å². The SMILES string of the molecule is C=CCCc1ccc(OC(F)(F)C2CCC(c3ccc(-c4ccc(C5CCC(CCCCC)CC5)cc4)cc3F)CC2)cc1F. The predicted octanol–water partition coefficient (Wildman–Crippen LogP) is 12.6. The van der Waals surface area contributed by atoms with Gasteiger partial charge in [-0.1, -0.05) is 81.1 Å². The third kappa shape index (κ3) is 8.60. The number of unbranched alkanes of at least 4 members (excludes halogenated alkanes) is 2. The van der Waals surface area contributed by atoms with Gasteiger partial charge in [-0.3, -0.25) is 0 Å². The molecule has 5 rings (SSSR count). The van der Waals surface area contributed by atoms with Crippen LogP contribution in [0, 0.1) is 23.5 Å². The molecule has 0 spiro atoms. The van der Waals surface area contributed by atoms with Gasteiger partial charge in [0, 0.05) is 6.07 Å². The van der Waals surface area contributed by atoms with E-state index in [0.29, 0.717) is 42.7 Å². The van der Waals surface area contributed by atoms with Crippen molar-refractivity contribution in [3.05, 3.63) is 102 Å². The monoisotopic (exact) mass is 620 g/mol. The van der Waals surface area contributed by atoms with Gasteiger partial charge < -0.3 is 4.74 Å². The van der Waals surface area contributed by atoms with Gasteiger partial charge in [0.2, 0.25) is 0 Å². The highest BCUT2D eigenvalue weighted by molar-refractivity contribution is 5.64. The molecule has 0 aliphatic heterocycles. The summed E-state index contributed by atoms with van der Waals surface area (Å²) >= 11 is 0. The number of hydrogen-bond acceptors (Lipinski definition) is 1. The predicted molar refractivity (Wildman–Crippen MR) is 176 cm³/mol. The lowest BCUT2D eigenvalue weighted by Crippen LogP contribution is -2.37. The minimum atomic E-state index is -3.43. The normalized spacial score (nSPS) is 22.2. The molecule has 0 saturated heterocycles. The third-order valence-electron chi connectivity index (χ3n) is 10.3. The van der Waals surface area contributed by atoms with Crippen molar-refractivity contribution in [2.45, 2.75) is 115 Å². The largest absolute Gasteiger partial charge is 0.432 e. The van der Waals surface area contributed by atoms with Crippen LogP contribution in [-0.4, -0.2) is 6.11 Å². The Morgan fingerprint density at radius 1 is 0.778 bits per heavy atom. The summed E-state index contributed by atoms with van der Waals surface area (Å²) in [5, 5.41) is 0. The molecule has 0 amide bonds. The standard InChI is InChI=1S/C40H48F4O/c1-3-5-7-8-28-10-12-29(13-11-28)30-14-16-31(17-15-30)34-21-25-37(39(42)26-34)32-18-22-35(23-19-32)40(43,44)45-36-24-20-33(9-6-4-2)38(41)27-36/h4,14-17,20-21,24-29,32,35H,2-3,5-13,18-19,22-23H2,1H3. The van der Waals surface area contributed by atoms with Crippen LogP contribution in [0.3, 0.4) is 0 Å². The quantitative estimate of drug-likeness (QED) is 0.105. The summed E-state index contributed by atoms with van der Waals surface area (Å²) in [5.41, 5.74) is 4.24. The zero-order chi connectivity index (χ0) is 31.8. The van der Waals surface area contributed by atoms with Crippen LogP contribution in [0.4, 0.5) is 17.6 Å². The molecule has 2 aliphatic rings. The molecule has 2 fully saturated rings. The first-order valence-corrected chi connectivity index (χ1v) is 17.1. The average molecular weight is 621 g/mol. The van der Waals surface area contributed by atoms with E-state index in [1.165, 1.54) is 69.1 Å². The first kappa shape index (κ1) is 33.3. The number of allylic oxidation sites excluding steroid dienone is 1. The van der Waals surface area contributed by atoms with Gasteiger partial charge in [0.15, 0.2) is 0 Å². The van der Waals surface area contributed by atoms with Crippen molar-refractivity contribution in [3.63, 3.8) is 0 Å². The van der Waals surface area contributed by atoms with Crippen molar-refractivity contribution in [2.24, 2.45) is 11.8 Å². The molecule has 0 heterocycles. The molecule has 0 radical (unpaired) electrons. The highest BCUT2D eigenvalue weighted by Gasteiger charge is 2.44. The maximum absolute atomic E-state index is 15.4. The van der Waals surface area contributed by atoms with Crippen LogP contribution in [0.25, 0.3) is 11.1 Å². The van der Waals surface area contributed by atoms with Crippen molar-refractivity contribution in [1.29, 1.82) is 0 Å². The van der Waals surface area contributed by atoms with Gasteiger partial charge in [0.1, 0.15) is 17.4 Å². The molecule has 3 aromatic carbocycles. The molecule has 0 atom stereocenters. The fourth-order valence-electron chi connectivity index (χ4n) is 7.49. The average Bonchev–Trinajstić information content (AvgIpc) is 3.05. The maximum Gasteiger partial charge on any atom is 0.400 e. The lowest BCUT2D eigenvalue weighted by atomic mass is 9.77. The number of ether oxygens (including phenoxy) is 1. The van der Waals surface area contributed by atoms with Crippen LogP contribution < -0.4 is 4.74 Å². The maximum atomic E-state index is 15.4. The van der Waals surface area contributed by atoms with E-state index in [9.17, 15) is 4.39 Å². The Kier molecular flexibility index (Phi) is 11.4. The van der Waals surface area contributed by atoms with Crippen LogP contribution in [0.1, 0.15) is 119 Å². The molecule has 2 aliphatic carbocycles. The number of aryl methyl sites for hydroxylation is 1. The number of benzene rings is 3. The van der Waals surface area contributed by atoms with E-state index in [-0.39, 0.29) is 30.3 Å².